The third-order valence-corrected chi connectivity index (χ3v) is 2.36. The van der Waals surface area contributed by atoms with Crippen molar-refractivity contribution in [3.8, 4) is 0 Å². The first-order valence-corrected chi connectivity index (χ1v) is 5.84. The summed E-state index contributed by atoms with van der Waals surface area (Å²) < 4.78 is 13.3. The van der Waals surface area contributed by atoms with Gasteiger partial charge in [0, 0.05) is 27.2 Å². The minimum absolute atomic E-state index is 0.155. The van der Waals surface area contributed by atoms with Gasteiger partial charge >= 0.3 is 0 Å². The lowest BCUT2D eigenvalue weighted by Crippen LogP contribution is -2.36. The molecule has 1 N–H and O–H groups in total. The highest BCUT2D eigenvalue weighted by molar-refractivity contribution is 5.79. The zero-order valence-electron chi connectivity index (χ0n) is 10.7. The summed E-state index contributed by atoms with van der Waals surface area (Å²) in [6.45, 7) is 3.44. The molecule has 3 nitrogen and oxygen atoms in total. The van der Waals surface area contributed by atoms with Crippen LogP contribution in [0.15, 0.2) is 29.3 Å². The third kappa shape index (κ3) is 4.43. The van der Waals surface area contributed by atoms with Crippen molar-refractivity contribution in [2.75, 3.05) is 27.2 Å². The van der Waals surface area contributed by atoms with E-state index >= 15 is 0 Å². The number of nitrogens with zero attached hydrogens (tertiary/aromatic N) is 2. The number of benzene rings is 1. The van der Waals surface area contributed by atoms with Gasteiger partial charge in [-0.15, -0.1) is 0 Å². The van der Waals surface area contributed by atoms with Crippen LogP contribution >= 0.6 is 0 Å². The number of hydrogen-bond acceptors (Lipinski definition) is 1. The molecule has 0 atom stereocenters. The molecule has 0 aliphatic rings. The van der Waals surface area contributed by atoms with Crippen LogP contribution in [0.4, 0.5) is 4.39 Å². The third-order valence-electron chi connectivity index (χ3n) is 2.36. The Morgan fingerprint density at radius 3 is 2.65 bits per heavy atom. The molecule has 1 aromatic carbocycles. The fourth-order valence-corrected chi connectivity index (χ4v) is 1.50. The van der Waals surface area contributed by atoms with E-state index < -0.39 is 0 Å². The summed E-state index contributed by atoms with van der Waals surface area (Å²) in [6.07, 6.45) is 0.620. The predicted octanol–water partition coefficient (Wildman–Crippen LogP) is 1.90. The van der Waals surface area contributed by atoms with Crippen LogP contribution in [0, 0.1) is 5.82 Å². The van der Waals surface area contributed by atoms with Gasteiger partial charge in [-0.05, 0) is 25.0 Å². The van der Waals surface area contributed by atoms with Gasteiger partial charge in [0.15, 0.2) is 5.96 Å². The Morgan fingerprint density at radius 2 is 2.06 bits per heavy atom. The van der Waals surface area contributed by atoms with E-state index in [1.807, 2.05) is 32.0 Å². The second kappa shape index (κ2) is 6.89. The minimum Gasteiger partial charge on any atom is -0.357 e. The molecule has 0 spiro atoms. The van der Waals surface area contributed by atoms with Gasteiger partial charge < -0.3 is 10.2 Å². The van der Waals surface area contributed by atoms with Crippen LogP contribution in [0.2, 0.25) is 0 Å². The zero-order valence-corrected chi connectivity index (χ0v) is 10.7. The normalized spacial score (nSPS) is 11.4. The highest BCUT2D eigenvalue weighted by atomic mass is 19.1. The van der Waals surface area contributed by atoms with Gasteiger partial charge in [-0.2, -0.15) is 0 Å². The summed E-state index contributed by atoms with van der Waals surface area (Å²) in [6, 6.07) is 6.83. The molecule has 0 radical (unpaired) electrons. The second-order valence-electron chi connectivity index (χ2n) is 3.97. The lowest BCUT2D eigenvalue weighted by atomic mass is 10.1. The van der Waals surface area contributed by atoms with Crippen LogP contribution in [-0.4, -0.2) is 38.0 Å². The van der Waals surface area contributed by atoms with Crippen molar-refractivity contribution in [2.45, 2.75) is 13.3 Å². The fourth-order valence-electron chi connectivity index (χ4n) is 1.50. The first-order chi connectivity index (χ1) is 8.15. The van der Waals surface area contributed by atoms with E-state index in [-0.39, 0.29) is 5.82 Å². The van der Waals surface area contributed by atoms with E-state index in [1.54, 1.807) is 12.1 Å². The molecule has 1 rings (SSSR count). The van der Waals surface area contributed by atoms with Gasteiger partial charge in [0.2, 0.25) is 0 Å². The van der Waals surface area contributed by atoms with Crippen molar-refractivity contribution >= 4 is 5.96 Å². The van der Waals surface area contributed by atoms with Crippen LogP contribution in [0.25, 0.3) is 0 Å². The largest absolute Gasteiger partial charge is 0.357 e. The number of aliphatic imine (C=N–C) groups is 1. The van der Waals surface area contributed by atoms with Crippen LogP contribution in [0.3, 0.4) is 0 Å². The monoisotopic (exact) mass is 237 g/mol. The molecule has 0 fully saturated rings. The maximum Gasteiger partial charge on any atom is 0.193 e. The quantitative estimate of drug-likeness (QED) is 0.640. The highest BCUT2D eigenvalue weighted by Crippen LogP contribution is 2.06. The second-order valence-corrected chi connectivity index (χ2v) is 3.97. The van der Waals surface area contributed by atoms with E-state index in [0.717, 1.165) is 12.5 Å². The molecule has 0 heterocycles. The van der Waals surface area contributed by atoms with Crippen molar-refractivity contribution in [1.29, 1.82) is 0 Å². The van der Waals surface area contributed by atoms with Crippen LogP contribution in [0.5, 0.6) is 0 Å². The van der Waals surface area contributed by atoms with E-state index in [0.29, 0.717) is 18.5 Å². The predicted molar refractivity (Wildman–Crippen MR) is 69.8 cm³/mol. The Morgan fingerprint density at radius 1 is 1.35 bits per heavy atom. The van der Waals surface area contributed by atoms with Gasteiger partial charge in [-0.1, -0.05) is 18.2 Å². The van der Waals surface area contributed by atoms with Crippen molar-refractivity contribution in [3.63, 3.8) is 0 Å². The van der Waals surface area contributed by atoms with E-state index in [1.165, 1.54) is 6.07 Å². The van der Waals surface area contributed by atoms with Crippen molar-refractivity contribution in [1.82, 2.24) is 10.2 Å². The number of rotatable bonds is 4. The van der Waals surface area contributed by atoms with Gasteiger partial charge in [0.1, 0.15) is 5.82 Å². The fraction of sp³-hybridized carbons (Fsp3) is 0.462. The molecule has 0 saturated carbocycles. The first kappa shape index (κ1) is 13.5. The average molecular weight is 237 g/mol. The zero-order chi connectivity index (χ0) is 12.7. The molecule has 0 aliphatic heterocycles. The molecule has 0 aromatic heterocycles. The maximum atomic E-state index is 13.3. The first-order valence-electron chi connectivity index (χ1n) is 5.84. The topological polar surface area (TPSA) is 27.6 Å². The number of halogens is 1. The summed E-state index contributed by atoms with van der Waals surface area (Å²) in [4.78, 5) is 6.34. The molecule has 0 saturated heterocycles. The Labute approximate surface area is 102 Å². The summed E-state index contributed by atoms with van der Waals surface area (Å²) >= 11 is 0. The molecule has 4 heteroatoms. The molecule has 0 bridgehead atoms. The van der Waals surface area contributed by atoms with E-state index in [9.17, 15) is 4.39 Å². The molecule has 0 amide bonds. The molecule has 17 heavy (non-hydrogen) atoms. The summed E-state index contributed by atoms with van der Waals surface area (Å²) in [5, 5.41) is 3.17. The summed E-state index contributed by atoms with van der Waals surface area (Å²) in [5.74, 6) is 0.682. The Bertz CT molecular complexity index is 375. The van der Waals surface area contributed by atoms with Gasteiger partial charge in [0.25, 0.3) is 0 Å². The van der Waals surface area contributed by atoms with Crippen molar-refractivity contribution < 1.29 is 4.39 Å². The molecule has 0 aliphatic carbocycles. The SMILES string of the molecule is CCNC(=NCCc1ccccc1F)N(C)C. The van der Waals surface area contributed by atoms with Gasteiger partial charge in [0.05, 0.1) is 0 Å². The van der Waals surface area contributed by atoms with Gasteiger partial charge in [-0.3, -0.25) is 4.99 Å². The summed E-state index contributed by atoms with van der Waals surface area (Å²) in [7, 11) is 3.87. The number of nitrogens with one attached hydrogen (secondary N) is 1. The molecule has 94 valence electrons. The highest BCUT2D eigenvalue weighted by Gasteiger charge is 2.01. The molecular formula is C13H20FN3. The smallest absolute Gasteiger partial charge is 0.193 e. The van der Waals surface area contributed by atoms with E-state index in [4.69, 9.17) is 0 Å². The Hall–Kier alpha value is -1.58. The lowest BCUT2D eigenvalue weighted by Gasteiger charge is -2.16. The van der Waals surface area contributed by atoms with Crippen LogP contribution in [-0.2, 0) is 6.42 Å². The standard InChI is InChI=1S/C13H20FN3/c1-4-15-13(17(2)3)16-10-9-11-7-5-6-8-12(11)14/h5-8H,4,9-10H2,1-3H3,(H,15,16). The lowest BCUT2D eigenvalue weighted by molar-refractivity contribution is 0.581. The van der Waals surface area contributed by atoms with Gasteiger partial charge in [-0.25, -0.2) is 4.39 Å². The van der Waals surface area contributed by atoms with Crippen LogP contribution < -0.4 is 5.32 Å². The molecular weight excluding hydrogens is 217 g/mol. The number of hydrogen-bond donors (Lipinski definition) is 1. The van der Waals surface area contributed by atoms with E-state index in [2.05, 4.69) is 10.3 Å². The maximum absolute atomic E-state index is 13.3. The summed E-state index contributed by atoms with van der Waals surface area (Å²) in [5.41, 5.74) is 0.714. The Balaban J connectivity index is 2.55. The number of guanidine groups is 1. The molecule has 1 aromatic rings. The van der Waals surface area contributed by atoms with Crippen molar-refractivity contribution in [3.05, 3.63) is 35.6 Å². The minimum atomic E-state index is -0.155. The molecule has 0 unspecified atom stereocenters. The van der Waals surface area contributed by atoms with Crippen molar-refractivity contribution in [2.24, 2.45) is 4.99 Å². The van der Waals surface area contributed by atoms with Crippen LogP contribution in [0.1, 0.15) is 12.5 Å². The Kier molecular flexibility index (Phi) is 5.46. The average Bonchev–Trinajstić information content (AvgIpc) is 2.30.